The van der Waals surface area contributed by atoms with Crippen LogP contribution in [-0.2, 0) is 0 Å². The van der Waals surface area contributed by atoms with Gasteiger partial charge in [-0.2, -0.15) is 0 Å². The molecule has 1 N–H and O–H groups in total. The molecule has 0 aromatic carbocycles. The smallest absolute Gasteiger partial charge is 0.269 e. The van der Waals surface area contributed by atoms with Gasteiger partial charge in [0.2, 0.25) is 0 Å². The number of nitrogens with zero attached hydrogens (tertiary/aromatic N) is 1. The quantitative estimate of drug-likeness (QED) is 0.764. The lowest BCUT2D eigenvalue weighted by atomic mass is 10.0. The highest BCUT2D eigenvalue weighted by molar-refractivity contribution is 6.29. The molecule has 0 aliphatic rings. The Bertz CT molecular complexity index is 350. The summed E-state index contributed by atoms with van der Waals surface area (Å²) in [6, 6.07) is 3.54. The monoisotopic (exact) mass is 212 g/mol. The molecule has 3 nitrogen and oxygen atoms in total. The molecule has 0 saturated heterocycles. The van der Waals surface area contributed by atoms with Gasteiger partial charge in [-0.25, -0.2) is 4.98 Å². The molecule has 0 aliphatic carbocycles. The van der Waals surface area contributed by atoms with Crippen LogP contribution in [0.15, 0.2) is 12.1 Å². The Balaban J connectivity index is 3.13. The van der Waals surface area contributed by atoms with E-state index in [0.717, 1.165) is 5.56 Å². The number of amides is 1. The van der Waals surface area contributed by atoms with Crippen LogP contribution in [0.1, 0.15) is 35.8 Å². The third kappa shape index (κ3) is 2.45. The summed E-state index contributed by atoms with van der Waals surface area (Å²) >= 11 is 5.80. The average molecular weight is 213 g/mol. The predicted octanol–water partition coefficient (Wildman–Crippen LogP) is 2.22. The second-order valence-electron chi connectivity index (χ2n) is 3.34. The maximum atomic E-state index is 11.3. The number of nitrogens with one attached hydrogen (secondary N) is 1. The molecule has 1 heterocycles. The number of carbonyl (C=O) groups excluding carboxylic acids is 1. The van der Waals surface area contributed by atoms with E-state index in [1.54, 1.807) is 19.2 Å². The van der Waals surface area contributed by atoms with Crippen LogP contribution in [0.5, 0.6) is 0 Å². The molecule has 0 atom stereocenters. The third-order valence-electron chi connectivity index (χ3n) is 1.94. The molecule has 1 aromatic heterocycles. The zero-order valence-corrected chi connectivity index (χ0v) is 9.22. The number of rotatable bonds is 2. The number of carbonyl (C=O) groups is 1. The minimum Gasteiger partial charge on any atom is -0.354 e. The summed E-state index contributed by atoms with van der Waals surface area (Å²) in [4.78, 5) is 15.2. The minimum absolute atomic E-state index is 0.214. The topological polar surface area (TPSA) is 42.0 Å². The molecule has 0 aliphatic heterocycles. The van der Waals surface area contributed by atoms with Crippen molar-refractivity contribution in [2.24, 2.45) is 0 Å². The van der Waals surface area contributed by atoms with Crippen molar-refractivity contribution in [2.75, 3.05) is 7.05 Å². The Morgan fingerprint density at radius 3 is 2.64 bits per heavy atom. The normalized spacial score (nSPS) is 10.4. The van der Waals surface area contributed by atoms with Gasteiger partial charge >= 0.3 is 0 Å². The summed E-state index contributed by atoms with van der Waals surface area (Å²) in [5, 5.41) is 2.87. The molecule has 1 aromatic rings. The standard InChI is InChI=1S/C10H13ClN2O/c1-6(2)7-4-8(10(14)12-3)13-9(11)5-7/h4-6H,1-3H3,(H,12,14). The van der Waals surface area contributed by atoms with Crippen LogP contribution in [0.2, 0.25) is 5.15 Å². The van der Waals surface area contributed by atoms with Gasteiger partial charge in [0.05, 0.1) is 0 Å². The Kier molecular flexibility index (Phi) is 3.47. The summed E-state index contributed by atoms with van der Waals surface area (Å²) in [6.45, 7) is 4.08. The molecule has 0 saturated carbocycles. The Labute approximate surface area is 88.5 Å². The van der Waals surface area contributed by atoms with Gasteiger partial charge in [-0.05, 0) is 23.6 Å². The molecule has 1 rings (SSSR count). The largest absolute Gasteiger partial charge is 0.354 e. The first-order valence-electron chi connectivity index (χ1n) is 4.44. The van der Waals surface area contributed by atoms with E-state index in [-0.39, 0.29) is 5.91 Å². The second-order valence-corrected chi connectivity index (χ2v) is 3.73. The lowest BCUT2D eigenvalue weighted by Crippen LogP contribution is -2.19. The van der Waals surface area contributed by atoms with Crippen molar-refractivity contribution >= 4 is 17.5 Å². The Hall–Kier alpha value is -1.09. The van der Waals surface area contributed by atoms with E-state index in [2.05, 4.69) is 10.3 Å². The molecule has 4 heteroatoms. The number of aromatic nitrogens is 1. The van der Waals surface area contributed by atoms with E-state index in [0.29, 0.717) is 16.8 Å². The van der Waals surface area contributed by atoms with Crippen LogP contribution in [0, 0.1) is 0 Å². The van der Waals surface area contributed by atoms with Crippen LogP contribution < -0.4 is 5.32 Å². The van der Waals surface area contributed by atoms with Gasteiger partial charge < -0.3 is 5.32 Å². The van der Waals surface area contributed by atoms with Gasteiger partial charge in [0.1, 0.15) is 10.8 Å². The minimum atomic E-state index is -0.214. The van der Waals surface area contributed by atoms with Crippen LogP contribution >= 0.6 is 11.6 Å². The van der Waals surface area contributed by atoms with Gasteiger partial charge in [-0.15, -0.1) is 0 Å². The van der Waals surface area contributed by atoms with Crippen molar-refractivity contribution in [2.45, 2.75) is 19.8 Å². The summed E-state index contributed by atoms with van der Waals surface area (Å²) in [6.07, 6.45) is 0. The van der Waals surface area contributed by atoms with Gasteiger partial charge in [0, 0.05) is 7.05 Å². The van der Waals surface area contributed by atoms with Crippen molar-refractivity contribution in [3.8, 4) is 0 Å². The fourth-order valence-electron chi connectivity index (χ4n) is 1.09. The fourth-order valence-corrected chi connectivity index (χ4v) is 1.31. The summed E-state index contributed by atoms with van der Waals surface area (Å²) in [5.41, 5.74) is 1.38. The van der Waals surface area contributed by atoms with E-state index in [1.807, 2.05) is 13.8 Å². The number of hydrogen-bond acceptors (Lipinski definition) is 2. The number of pyridine rings is 1. The summed E-state index contributed by atoms with van der Waals surface area (Å²) in [5.74, 6) is 0.119. The molecule has 0 spiro atoms. The molecule has 0 unspecified atom stereocenters. The van der Waals surface area contributed by atoms with Crippen LogP contribution in [0.25, 0.3) is 0 Å². The predicted molar refractivity (Wildman–Crippen MR) is 56.7 cm³/mol. The van der Waals surface area contributed by atoms with E-state index < -0.39 is 0 Å². The van der Waals surface area contributed by atoms with Gasteiger partial charge in [-0.3, -0.25) is 4.79 Å². The summed E-state index contributed by atoms with van der Waals surface area (Å²) < 4.78 is 0. The zero-order chi connectivity index (χ0) is 10.7. The van der Waals surface area contributed by atoms with Gasteiger partial charge in [0.25, 0.3) is 5.91 Å². The van der Waals surface area contributed by atoms with Crippen molar-refractivity contribution in [1.29, 1.82) is 0 Å². The third-order valence-corrected chi connectivity index (χ3v) is 2.14. The van der Waals surface area contributed by atoms with Crippen molar-refractivity contribution < 1.29 is 4.79 Å². The number of halogens is 1. The first-order valence-corrected chi connectivity index (χ1v) is 4.82. The van der Waals surface area contributed by atoms with Crippen molar-refractivity contribution in [3.63, 3.8) is 0 Å². The van der Waals surface area contributed by atoms with Crippen LogP contribution in [-0.4, -0.2) is 17.9 Å². The van der Waals surface area contributed by atoms with Gasteiger partial charge in [0.15, 0.2) is 0 Å². The maximum Gasteiger partial charge on any atom is 0.269 e. The molecule has 14 heavy (non-hydrogen) atoms. The average Bonchev–Trinajstić information content (AvgIpc) is 2.15. The maximum absolute atomic E-state index is 11.3. The first kappa shape index (κ1) is 11.0. The fraction of sp³-hybridized carbons (Fsp3) is 0.400. The highest BCUT2D eigenvalue weighted by Crippen LogP contribution is 2.18. The van der Waals surface area contributed by atoms with Crippen molar-refractivity contribution in [3.05, 3.63) is 28.5 Å². The molecule has 76 valence electrons. The lowest BCUT2D eigenvalue weighted by Gasteiger charge is -2.07. The van der Waals surface area contributed by atoms with E-state index >= 15 is 0 Å². The highest BCUT2D eigenvalue weighted by atomic mass is 35.5. The van der Waals surface area contributed by atoms with Crippen LogP contribution in [0.4, 0.5) is 0 Å². The molecule has 0 bridgehead atoms. The van der Waals surface area contributed by atoms with E-state index in [1.165, 1.54) is 0 Å². The van der Waals surface area contributed by atoms with Crippen LogP contribution in [0.3, 0.4) is 0 Å². The molecular formula is C10H13ClN2O. The SMILES string of the molecule is CNC(=O)c1cc(C(C)C)cc(Cl)n1. The highest BCUT2D eigenvalue weighted by Gasteiger charge is 2.09. The van der Waals surface area contributed by atoms with Gasteiger partial charge in [-0.1, -0.05) is 25.4 Å². The lowest BCUT2D eigenvalue weighted by molar-refractivity contribution is 0.0958. The first-order chi connectivity index (χ1) is 6.54. The van der Waals surface area contributed by atoms with E-state index in [9.17, 15) is 4.79 Å². The Morgan fingerprint density at radius 2 is 2.14 bits per heavy atom. The summed E-state index contributed by atoms with van der Waals surface area (Å²) in [7, 11) is 1.57. The Morgan fingerprint density at radius 1 is 1.50 bits per heavy atom. The molecule has 0 radical (unpaired) electrons. The molecule has 1 amide bonds. The number of hydrogen-bond donors (Lipinski definition) is 1. The van der Waals surface area contributed by atoms with E-state index in [4.69, 9.17) is 11.6 Å². The second kappa shape index (κ2) is 4.42. The van der Waals surface area contributed by atoms with Crippen molar-refractivity contribution in [1.82, 2.24) is 10.3 Å². The molecule has 0 fully saturated rings. The molecular weight excluding hydrogens is 200 g/mol. The zero-order valence-electron chi connectivity index (χ0n) is 8.47.